The lowest BCUT2D eigenvalue weighted by Gasteiger charge is -2.18. The fraction of sp³-hybridized carbons (Fsp3) is 0.176. The Hall–Kier alpha value is -1.88. The second-order valence-electron chi connectivity index (χ2n) is 5.03. The molecule has 0 bridgehead atoms. The molecule has 0 saturated heterocycles. The standard InChI is InChI=1S/C17H18N2OS/c1-11-7-8-14(20-2)13(9-11)17(19-18)16-10-12-5-3-4-6-15(12)21-16/h3-10,17,19H,18H2,1-2H3. The Labute approximate surface area is 128 Å². The highest BCUT2D eigenvalue weighted by atomic mass is 32.1. The van der Waals surface area contributed by atoms with E-state index >= 15 is 0 Å². The number of nitrogens with one attached hydrogen (secondary N) is 1. The van der Waals surface area contributed by atoms with E-state index in [2.05, 4.69) is 48.7 Å². The molecular weight excluding hydrogens is 280 g/mol. The fourth-order valence-electron chi connectivity index (χ4n) is 2.55. The van der Waals surface area contributed by atoms with Crippen molar-refractivity contribution in [3.8, 4) is 5.75 Å². The van der Waals surface area contributed by atoms with Gasteiger partial charge >= 0.3 is 0 Å². The maximum Gasteiger partial charge on any atom is 0.124 e. The number of nitrogens with two attached hydrogens (primary N) is 1. The number of benzene rings is 2. The van der Waals surface area contributed by atoms with E-state index in [1.165, 1.54) is 20.5 Å². The van der Waals surface area contributed by atoms with Crippen LogP contribution in [0.5, 0.6) is 5.75 Å². The van der Waals surface area contributed by atoms with E-state index in [1.807, 2.05) is 12.1 Å². The molecule has 1 atom stereocenters. The number of ether oxygens (including phenoxy) is 1. The van der Waals surface area contributed by atoms with Gasteiger partial charge in [-0.2, -0.15) is 0 Å². The lowest BCUT2D eigenvalue weighted by atomic mass is 10.0. The number of aryl methyl sites for hydroxylation is 1. The second-order valence-corrected chi connectivity index (χ2v) is 6.15. The van der Waals surface area contributed by atoms with Crippen molar-refractivity contribution in [1.82, 2.24) is 5.43 Å². The van der Waals surface area contributed by atoms with Crippen LogP contribution in [0.1, 0.15) is 22.0 Å². The number of hydrazine groups is 1. The van der Waals surface area contributed by atoms with E-state index in [0.29, 0.717) is 0 Å². The number of rotatable bonds is 4. The van der Waals surface area contributed by atoms with Crippen molar-refractivity contribution in [3.63, 3.8) is 0 Å². The van der Waals surface area contributed by atoms with E-state index < -0.39 is 0 Å². The number of thiophene rings is 1. The molecule has 3 N–H and O–H groups in total. The molecule has 0 aliphatic carbocycles. The van der Waals surface area contributed by atoms with Crippen LogP contribution in [0.2, 0.25) is 0 Å². The van der Waals surface area contributed by atoms with Crippen LogP contribution in [0.3, 0.4) is 0 Å². The first-order valence-electron chi connectivity index (χ1n) is 6.82. The van der Waals surface area contributed by atoms with Crippen molar-refractivity contribution in [1.29, 1.82) is 0 Å². The predicted molar refractivity (Wildman–Crippen MR) is 88.7 cm³/mol. The molecule has 21 heavy (non-hydrogen) atoms. The Morgan fingerprint density at radius 1 is 1.14 bits per heavy atom. The normalized spacial score (nSPS) is 12.5. The van der Waals surface area contributed by atoms with Crippen LogP contribution in [0.25, 0.3) is 10.1 Å². The quantitative estimate of drug-likeness (QED) is 0.569. The largest absolute Gasteiger partial charge is 0.496 e. The van der Waals surface area contributed by atoms with Crippen molar-refractivity contribution in [3.05, 3.63) is 64.5 Å². The van der Waals surface area contributed by atoms with Gasteiger partial charge in [-0.15, -0.1) is 11.3 Å². The highest BCUT2D eigenvalue weighted by Gasteiger charge is 2.19. The smallest absolute Gasteiger partial charge is 0.124 e. The van der Waals surface area contributed by atoms with Crippen LogP contribution in [-0.4, -0.2) is 7.11 Å². The average Bonchev–Trinajstić information content (AvgIpc) is 2.92. The summed E-state index contributed by atoms with van der Waals surface area (Å²) < 4.78 is 6.75. The van der Waals surface area contributed by atoms with E-state index in [4.69, 9.17) is 10.6 Å². The molecule has 3 rings (SSSR count). The van der Waals surface area contributed by atoms with Crippen molar-refractivity contribution in [2.24, 2.45) is 5.84 Å². The summed E-state index contributed by atoms with van der Waals surface area (Å²) in [6.45, 7) is 2.07. The Morgan fingerprint density at radius 3 is 2.67 bits per heavy atom. The summed E-state index contributed by atoms with van der Waals surface area (Å²) in [5.41, 5.74) is 5.18. The first kappa shape index (κ1) is 14.1. The van der Waals surface area contributed by atoms with E-state index in [0.717, 1.165) is 11.3 Å². The number of hydrogen-bond acceptors (Lipinski definition) is 4. The van der Waals surface area contributed by atoms with Crippen LogP contribution in [0.15, 0.2) is 48.5 Å². The number of fused-ring (bicyclic) bond motifs is 1. The number of methoxy groups -OCH3 is 1. The summed E-state index contributed by atoms with van der Waals surface area (Å²) in [4.78, 5) is 1.18. The van der Waals surface area contributed by atoms with Gasteiger partial charge in [0.25, 0.3) is 0 Å². The fourth-order valence-corrected chi connectivity index (χ4v) is 3.69. The molecular formula is C17H18N2OS. The van der Waals surface area contributed by atoms with Gasteiger partial charge in [-0.1, -0.05) is 35.9 Å². The van der Waals surface area contributed by atoms with Crippen molar-refractivity contribution < 1.29 is 4.74 Å². The molecule has 3 nitrogen and oxygen atoms in total. The van der Waals surface area contributed by atoms with Crippen molar-refractivity contribution in [2.45, 2.75) is 13.0 Å². The maximum atomic E-state index is 5.83. The van der Waals surface area contributed by atoms with Gasteiger partial charge in [-0.3, -0.25) is 5.84 Å². The van der Waals surface area contributed by atoms with Gasteiger partial charge in [0.2, 0.25) is 0 Å². The highest BCUT2D eigenvalue weighted by Crippen LogP contribution is 2.36. The molecule has 0 radical (unpaired) electrons. The van der Waals surface area contributed by atoms with Gasteiger partial charge < -0.3 is 4.74 Å². The molecule has 2 aromatic carbocycles. The van der Waals surface area contributed by atoms with E-state index in [-0.39, 0.29) is 6.04 Å². The first-order valence-corrected chi connectivity index (χ1v) is 7.63. The second kappa shape index (κ2) is 5.85. The van der Waals surface area contributed by atoms with Gasteiger partial charge in [-0.05, 0) is 30.5 Å². The average molecular weight is 298 g/mol. The predicted octanol–water partition coefficient (Wildman–Crippen LogP) is 3.77. The van der Waals surface area contributed by atoms with Crippen molar-refractivity contribution >= 4 is 21.4 Å². The van der Waals surface area contributed by atoms with Crippen LogP contribution in [-0.2, 0) is 0 Å². The molecule has 0 aliphatic rings. The minimum Gasteiger partial charge on any atom is -0.496 e. The minimum atomic E-state index is -0.0720. The van der Waals surface area contributed by atoms with Crippen LogP contribution >= 0.6 is 11.3 Å². The summed E-state index contributed by atoms with van der Waals surface area (Å²) in [6.07, 6.45) is 0. The monoisotopic (exact) mass is 298 g/mol. The van der Waals surface area contributed by atoms with E-state index in [1.54, 1.807) is 18.4 Å². The lowest BCUT2D eigenvalue weighted by molar-refractivity contribution is 0.404. The minimum absolute atomic E-state index is 0.0720. The molecule has 1 heterocycles. The zero-order valence-corrected chi connectivity index (χ0v) is 12.9. The Kier molecular flexibility index (Phi) is 3.92. The third-order valence-electron chi connectivity index (χ3n) is 3.59. The van der Waals surface area contributed by atoms with E-state index in [9.17, 15) is 0 Å². The zero-order chi connectivity index (χ0) is 14.8. The maximum absolute atomic E-state index is 5.83. The Morgan fingerprint density at radius 2 is 1.95 bits per heavy atom. The molecule has 1 aromatic heterocycles. The Balaban J connectivity index is 2.11. The van der Waals surface area contributed by atoms with Gasteiger partial charge in [0.15, 0.2) is 0 Å². The molecule has 0 amide bonds. The summed E-state index contributed by atoms with van der Waals surface area (Å²) >= 11 is 1.75. The third-order valence-corrected chi connectivity index (χ3v) is 4.77. The molecule has 0 saturated carbocycles. The van der Waals surface area contributed by atoms with Crippen LogP contribution < -0.4 is 16.0 Å². The van der Waals surface area contributed by atoms with Crippen LogP contribution in [0, 0.1) is 6.92 Å². The SMILES string of the molecule is COc1ccc(C)cc1C(NN)c1cc2ccccc2s1. The highest BCUT2D eigenvalue weighted by molar-refractivity contribution is 7.19. The topological polar surface area (TPSA) is 47.3 Å². The summed E-state index contributed by atoms with van der Waals surface area (Å²) in [7, 11) is 1.69. The molecule has 0 aliphatic heterocycles. The lowest BCUT2D eigenvalue weighted by Crippen LogP contribution is -2.28. The van der Waals surface area contributed by atoms with Gasteiger partial charge in [0.1, 0.15) is 5.75 Å². The molecule has 0 spiro atoms. The first-order chi connectivity index (χ1) is 10.2. The summed E-state index contributed by atoms with van der Waals surface area (Å²) in [6, 6.07) is 16.6. The Bertz CT molecular complexity index is 733. The van der Waals surface area contributed by atoms with Crippen LogP contribution in [0.4, 0.5) is 0 Å². The van der Waals surface area contributed by atoms with Gasteiger partial charge in [0.05, 0.1) is 13.2 Å². The molecule has 3 aromatic rings. The van der Waals surface area contributed by atoms with Gasteiger partial charge in [0, 0.05) is 15.1 Å². The molecule has 1 unspecified atom stereocenters. The molecule has 108 valence electrons. The summed E-state index contributed by atoms with van der Waals surface area (Å²) in [5.74, 6) is 6.68. The zero-order valence-electron chi connectivity index (χ0n) is 12.1. The number of hydrogen-bond donors (Lipinski definition) is 2. The third kappa shape index (κ3) is 2.65. The van der Waals surface area contributed by atoms with Crippen molar-refractivity contribution in [2.75, 3.05) is 7.11 Å². The van der Waals surface area contributed by atoms with Gasteiger partial charge in [-0.25, -0.2) is 5.43 Å². The molecule has 4 heteroatoms. The molecule has 0 fully saturated rings. The summed E-state index contributed by atoms with van der Waals surface area (Å²) in [5, 5.41) is 1.24.